The first-order chi connectivity index (χ1) is 6.95. The van der Waals surface area contributed by atoms with E-state index in [9.17, 15) is 0 Å². The molecule has 0 saturated carbocycles. The Hall–Kier alpha value is -0.263. The maximum Gasteiger partial charge on any atom is 0.114 e. The van der Waals surface area contributed by atoms with Crippen molar-refractivity contribution in [2.75, 3.05) is 0 Å². The van der Waals surface area contributed by atoms with Gasteiger partial charge in [0.25, 0.3) is 0 Å². The lowest BCUT2D eigenvalue weighted by Gasteiger charge is -2.14. The summed E-state index contributed by atoms with van der Waals surface area (Å²) in [6.07, 6.45) is 11.6. The van der Waals surface area contributed by atoms with Crippen LogP contribution in [-0.2, 0) is 0 Å². The number of hydrogen-bond donors (Lipinski definition) is 1. The molecule has 0 rings (SSSR count). The van der Waals surface area contributed by atoms with Crippen LogP contribution >= 0.6 is 0 Å². The van der Waals surface area contributed by atoms with Gasteiger partial charge in [0.2, 0.25) is 0 Å². The molecule has 88 valence electrons. The van der Waals surface area contributed by atoms with E-state index in [0.29, 0.717) is 0 Å². The van der Waals surface area contributed by atoms with Crippen LogP contribution in [0.4, 0.5) is 0 Å². The van der Waals surface area contributed by atoms with Crippen molar-refractivity contribution in [2.24, 2.45) is 0 Å². The lowest BCUT2D eigenvalue weighted by atomic mass is 10.1. The van der Waals surface area contributed by atoms with Gasteiger partial charge in [-0.05, 0) is 12.8 Å². The summed E-state index contributed by atoms with van der Waals surface area (Å²) in [5.41, 5.74) is 0. The molecule has 1 N–H and O–H groups in total. The van der Waals surface area contributed by atoms with E-state index in [0.717, 1.165) is 12.8 Å². The molecule has 2 heteroatoms. The second kappa shape index (κ2) is 7.96. The van der Waals surface area contributed by atoms with Crippen molar-refractivity contribution in [3.63, 3.8) is 0 Å². The highest BCUT2D eigenvalue weighted by molar-refractivity contribution is 6.76. The summed E-state index contributed by atoms with van der Waals surface area (Å²) >= 11 is 0. The Labute approximate surface area is 96.3 Å². The zero-order chi connectivity index (χ0) is 11.7. The zero-order valence-corrected chi connectivity index (χ0v) is 11.6. The summed E-state index contributed by atoms with van der Waals surface area (Å²) in [4.78, 5) is 0. The number of hydrogen-bond acceptors (Lipinski definition) is 1. The van der Waals surface area contributed by atoms with Gasteiger partial charge in [-0.1, -0.05) is 57.3 Å². The standard InChI is InChI=1S/C13H26OSi/c1-5-13(14)11-9-7-6-8-10-12-15(2,3)4/h1,13-14H,6-12H2,2-4H3. The Morgan fingerprint density at radius 3 is 2.13 bits per heavy atom. The van der Waals surface area contributed by atoms with E-state index < -0.39 is 14.2 Å². The summed E-state index contributed by atoms with van der Waals surface area (Å²) in [5.74, 6) is 2.35. The third-order valence-electron chi connectivity index (χ3n) is 2.60. The van der Waals surface area contributed by atoms with Crippen LogP contribution in [0.25, 0.3) is 0 Å². The number of rotatable bonds is 8. The molecule has 15 heavy (non-hydrogen) atoms. The number of terminal acetylenes is 1. The molecule has 0 bridgehead atoms. The molecule has 0 amide bonds. The quantitative estimate of drug-likeness (QED) is 0.380. The van der Waals surface area contributed by atoms with Crippen LogP contribution in [0, 0.1) is 12.3 Å². The lowest BCUT2D eigenvalue weighted by Crippen LogP contribution is -2.18. The Bertz CT molecular complexity index is 188. The fourth-order valence-electron chi connectivity index (χ4n) is 1.61. The summed E-state index contributed by atoms with van der Waals surface area (Å²) < 4.78 is 0. The van der Waals surface area contributed by atoms with Crippen molar-refractivity contribution in [3.8, 4) is 12.3 Å². The summed E-state index contributed by atoms with van der Waals surface area (Å²) in [6, 6.07) is 1.44. The van der Waals surface area contributed by atoms with Gasteiger partial charge < -0.3 is 5.11 Å². The topological polar surface area (TPSA) is 20.2 Å². The highest BCUT2D eigenvalue weighted by Crippen LogP contribution is 2.15. The van der Waals surface area contributed by atoms with Gasteiger partial charge in [0, 0.05) is 8.07 Å². The molecule has 0 aromatic rings. The Kier molecular flexibility index (Phi) is 7.82. The van der Waals surface area contributed by atoms with Crippen molar-refractivity contribution in [2.45, 2.75) is 70.3 Å². The average Bonchev–Trinajstić information content (AvgIpc) is 2.14. The van der Waals surface area contributed by atoms with Crippen molar-refractivity contribution in [1.82, 2.24) is 0 Å². The van der Waals surface area contributed by atoms with E-state index in [-0.39, 0.29) is 0 Å². The molecule has 0 radical (unpaired) electrons. The van der Waals surface area contributed by atoms with Crippen molar-refractivity contribution >= 4 is 8.07 Å². The minimum atomic E-state index is -0.816. The first-order valence-electron chi connectivity index (χ1n) is 6.10. The molecule has 0 fully saturated rings. The molecule has 0 spiro atoms. The summed E-state index contributed by atoms with van der Waals surface area (Å²) in [5, 5.41) is 9.14. The van der Waals surface area contributed by atoms with E-state index >= 15 is 0 Å². The van der Waals surface area contributed by atoms with Gasteiger partial charge in [0.1, 0.15) is 6.10 Å². The first kappa shape index (κ1) is 14.7. The highest BCUT2D eigenvalue weighted by Gasteiger charge is 2.11. The number of unbranched alkanes of at least 4 members (excludes halogenated alkanes) is 4. The Balaban J connectivity index is 3.16. The molecular weight excluding hydrogens is 200 g/mol. The lowest BCUT2D eigenvalue weighted by molar-refractivity contribution is 0.217. The monoisotopic (exact) mass is 226 g/mol. The van der Waals surface area contributed by atoms with Gasteiger partial charge in [-0.2, -0.15) is 0 Å². The van der Waals surface area contributed by atoms with Crippen LogP contribution in [0.2, 0.25) is 25.7 Å². The molecule has 0 heterocycles. The maximum atomic E-state index is 9.14. The van der Waals surface area contributed by atoms with Crippen LogP contribution < -0.4 is 0 Å². The first-order valence-corrected chi connectivity index (χ1v) is 9.80. The third-order valence-corrected chi connectivity index (χ3v) is 4.45. The maximum absolute atomic E-state index is 9.14. The summed E-state index contributed by atoms with van der Waals surface area (Å²) in [6.45, 7) is 7.28. The van der Waals surface area contributed by atoms with Crippen LogP contribution in [-0.4, -0.2) is 19.3 Å². The van der Waals surface area contributed by atoms with Gasteiger partial charge in [-0.3, -0.25) is 0 Å². The molecule has 0 aliphatic rings. The van der Waals surface area contributed by atoms with Gasteiger partial charge >= 0.3 is 0 Å². The van der Waals surface area contributed by atoms with Gasteiger partial charge in [-0.15, -0.1) is 6.42 Å². The molecule has 1 unspecified atom stereocenters. The second-order valence-electron chi connectivity index (χ2n) is 5.55. The fourth-order valence-corrected chi connectivity index (χ4v) is 2.92. The molecule has 0 aromatic heterocycles. The predicted molar refractivity (Wildman–Crippen MR) is 70.7 cm³/mol. The molecule has 1 atom stereocenters. The van der Waals surface area contributed by atoms with E-state index in [1.165, 1.54) is 31.7 Å². The van der Waals surface area contributed by atoms with E-state index in [4.69, 9.17) is 11.5 Å². The number of aliphatic hydroxyl groups is 1. The molecule has 0 aromatic carbocycles. The van der Waals surface area contributed by atoms with Crippen LogP contribution in [0.15, 0.2) is 0 Å². The van der Waals surface area contributed by atoms with Gasteiger partial charge in [-0.25, -0.2) is 0 Å². The summed E-state index contributed by atoms with van der Waals surface area (Å²) in [7, 11) is -0.816. The van der Waals surface area contributed by atoms with Crippen LogP contribution in [0.3, 0.4) is 0 Å². The fraction of sp³-hybridized carbons (Fsp3) is 0.846. The van der Waals surface area contributed by atoms with Crippen LogP contribution in [0.5, 0.6) is 0 Å². The van der Waals surface area contributed by atoms with Crippen molar-refractivity contribution in [3.05, 3.63) is 0 Å². The van der Waals surface area contributed by atoms with E-state index in [2.05, 4.69) is 25.6 Å². The minimum absolute atomic E-state index is 0.521. The van der Waals surface area contributed by atoms with Gasteiger partial charge in [0.05, 0.1) is 0 Å². The highest BCUT2D eigenvalue weighted by atomic mass is 28.3. The molecular formula is C13H26OSi. The van der Waals surface area contributed by atoms with Crippen molar-refractivity contribution < 1.29 is 5.11 Å². The molecule has 0 aliphatic heterocycles. The SMILES string of the molecule is C#CC(O)CCCCCCC[Si](C)(C)C. The third kappa shape index (κ3) is 11.7. The normalized spacial score (nSPS) is 13.5. The Morgan fingerprint density at radius 2 is 1.60 bits per heavy atom. The smallest absolute Gasteiger partial charge is 0.114 e. The van der Waals surface area contributed by atoms with Crippen LogP contribution in [0.1, 0.15) is 38.5 Å². The molecule has 1 nitrogen and oxygen atoms in total. The predicted octanol–water partition coefficient (Wildman–Crippen LogP) is 3.66. The van der Waals surface area contributed by atoms with Gasteiger partial charge in [0.15, 0.2) is 0 Å². The Morgan fingerprint density at radius 1 is 1.07 bits per heavy atom. The van der Waals surface area contributed by atoms with E-state index in [1.54, 1.807) is 0 Å². The molecule has 0 saturated heterocycles. The van der Waals surface area contributed by atoms with E-state index in [1.807, 2.05) is 0 Å². The minimum Gasteiger partial charge on any atom is -0.380 e. The average molecular weight is 226 g/mol. The molecule has 0 aliphatic carbocycles. The zero-order valence-electron chi connectivity index (χ0n) is 10.6. The largest absolute Gasteiger partial charge is 0.380 e. The van der Waals surface area contributed by atoms with Crippen molar-refractivity contribution in [1.29, 1.82) is 0 Å². The second-order valence-corrected chi connectivity index (χ2v) is 11.2. The number of aliphatic hydroxyl groups excluding tert-OH is 1.